The lowest BCUT2D eigenvalue weighted by Gasteiger charge is -2.57. The van der Waals surface area contributed by atoms with E-state index < -0.39 is 0 Å². The quantitative estimate of drug-likeness (QED) is 0.838. The second kappa shape index (κ2) is 3.59. The molecule has 1 aromatic rings. The van der Waals surface area contributed by atoms with Crippen molar-refractivity contribution in [2.75, 3.05) is 11.1 Å². The van der Waals surface area contributed by atoms with Crippen molar-refractivity contribution in [3.63, 3.8) is 0 Å². The normalized spacial score (nSPS) is 41.0. The summed E-state index contributed by atoms with van der Waals surface area (Å²) in [5.41, 5.74) is 6.18. The van der Waals surface area contributed by atoms with Crippen LogP contribution in [0, 0.1) is 17.8 Å². The summed E-state index contributed by atoms with van der Waals surface area (Å²) in [7, 11) is 0. The molecule has 4 aliphatic rings. The van der Waals surface area contributed by atoms with Crippen LogP contribution in [0.2, 0.25) is 0 Å². The van der Waals surface area contributed by atoms with E-state index in [9.17, 15) is 0 Å². The van der Waals surface area contributed by atoms with E-state index in [1.54, 1.807) is 12.4 Å². The van der Waals surface area contributed by atoms with Crippen LogP contribution in [0.25, 0.3) is 0 Å². The summed E-state index contributed by atoms with van der Waals surface area (Å²) in [4.78, 5) is 8.49. The zero-order valence-corrected chi connectivity index (χ0v) is 10.6. The van der Waals surface area contributed by atoms with Gasteiger partial charge in [-0.15, -0.1) is 0 Å². The zero-order chi connectivity index (χ0) is 12.2. The summed E-state index contributed by atoms with van der Waals surface area (Å²) in [5, 5.41) is 3.66. The maximum Gasteiger partial charge on any atom is 0.169 e. The molecule has 96 valence electrons. The second-order valence-electron chi connectivity index (χ2n) is 6.61. The number of anilines is 2. The maximum absolute atomic E-state index is 5.91. The first kappa shape index (κ1) is 10.6. The zero-order valence-electron chi connectivity index (χ0n) is 10.6. The maximum atomic E-state index is 5.91. The highest BCUT2D eigenvalue weighted by Crippen LogP contribution is 2.56. The monoisotopic (exact) mass is 244 g/mol. The van der Waals surface area contributed by atoms with E-state index >= 15 is 0 Å². The molecule has 0 saturated heterocycles. The van der Waals surface area contributed by atoms with Crippen molar-refractivity contribution >= 4 is 11.6 Å². The minimum absolute atomic E-state index is 0.263. The van der Waals surface area contributed by atoms with Gasteiger partial charge in [-0.25, -0.2) is 9.97 Å². The van der Waals surface area contributed by atoms with Gasteiger partial charge in [0.15, 0.2) is 11.6 Å². The minimum Gasteiger partial charge on any atom is -0.381 e. The average molecular weight is 244 g/mol. The summed E-state index contributed by atoms with van der Waals surface area (Å²) < 4.78 is 0. The van der Waals surface area contributed by atoms with Crippen molar-refractivity contribution in [2.45, 2.75) is 44.1 Å². The topological polar surface area (TPSA) is 63.8 Å². The third kappa shape index (κ3) is 1.58. The van der Waals surface area contributed by atoms with Crippen LogP contribution in [0.4, 0.5) is 11.6 Å². The molecule has 0 aromatic carbocycles. The van der Waals surface area contributed by atoms with Gasteiger partial charge in [-0.3, -0.25) is 0 Å². The SMILES string of the molecule is Nc1nccnc1NC12CC3CC(CC(C3)C1)C2. The lowest BCUT2D eigenvalue weighted by Crippen LogP contribution is -2.55. The molecule has 1 aromatic heterocycles. The van der Waals surface area contributed by atoms with Crippen molar-refractivity contribution < 1.29 is 0 Å². The van der Waals surface area contributed by atoms with E-state index in [0.29, 0.717) is 5.82 Å². The summed E-state index contributed by atoms with van der Waals surface area (Å²) in [6, 6.07) is 0. The molecular weight excluding hydrogens is 224 g/mol. The number of hydrogen-bond donors (Lipinski definition) is 2. The third-order valence-electron chi connectivity index (χ3n) is 5.15. The summed E-state index contributed by atoms with van der Waals surface area (Å²) in [6.07, 6.45) is 11.6. The fraction of sp³-hybridized carbons (Fsp3) is 0.714. The molecule has 0 aliphatic heterocycles. The standard InChI is InChI=1S/C14H20N4/c15-12-13(17-2-1-16-12)18-14-6-9-3-10(7-14)5-11(4-9)8-14/h1-2,9-11H,3-8H2,(H2,15,16)(H,17,18). The number of nitrogens with one attached hydrogen (secondary N) is 1. The number of nitrogens with two attached hydrogens (primary N) is 1. The predicted molar refractivity (Wildman–Crippen MR) is 71.0 cm³/mol. The molecule has 5 rings (SSSR count). The molecule has 4 nitrogen and oxygen atoms in total. The molecule has 0 radical (unpaired) electrons. The highest BCUT2D eigenvalue weighted by atomic mass is 15.1. The Balaban J connectivity index is 1.63. The molecule has 1 heterocycles. The summed E-state index contributed by atoms with van der Waals surface area (Å²) in [5.74, 6) is 4.12. The molecule has 4 aliphatic carbocycles. The highest BCUT2D eigenvalue weighted by molar-refractivity contribution is 5.56. The Bertz CT molecular complexity index is 435. The van der Waals surface area contributed by atoms with Crippen LogP contribution in [0.15, 0.2) is 12.4 Å². The van der Waals surface area contributed by atoms with Gasteiger partial charge in [-0.05, 0) is 56.3 Å². The Morgan fingerprint density at radius 1 is 1.00 bits per heavy atom. The van der Waals surface area contributed by atoms with Gasteiger partial charge in [0, 0.05) is 17.9 Å². The predicted octanol–water partition coefficient (Wildman–Crippen LogP) is 2.44. The van der Waals surface area contributed by atoms with Crippen molar-refractivity contribution in [2.24, 2.45) is 17.8 Å². The van der Waals surface area contributed by atoms with Gasteiger partial charge in [0.1, 0.15) is 0 Å². The highest BCUT2D eigenvalue weighted by Gasteiger charge is 2.51. The van der Waals surface area contributed by atoms with Gasteiger partial charge in [0.05, 0.1) is 0 Å². The number of aromatic nitrogens is 2. The van der Waals surface area contributed by atoms with E-state index in [-0.39, 0.29) is 5.54 Å². The van der Waals surface area contributed by atoms with Gasteiger partial charge in [0.2, 0.25) is 0 Å². The van der Waals surface area contributed by atoms with Gasteiger partial charge in [-0.2, -0.15) is 0 Å². The number of rotatable bonds is 2. The fourth-order valence-corrected chi connectivity index (χ4v) is 4.96. The molecule has 3 N–H and O–H groups in total. The largest absolute Gasteiger partial charge is 0.381 e. The van der Waals surface area contributed by atoms with Crippen molar-refractivity contribution in [1.29, 1.82) is 0 Å². The van der Waals surface area contributed by atoms with Crippen LogP contribution < -0.4 is 11.1 Å². The molecule has 0 amide bonds. The molecule has 4 fully saturated rings. The first-order valence-corrected chi connectivity index (χ1v) is 7.07. The van der Waals surface area contributed by atoms with Crippen LogP contribution >= 0.6 is 0 Å². The molecule has 0 atom stereocenters. The molecule has 0 spiro atoms. The smallest absolute Gasteiger partial charge is 0.169 e. The average Bonchev–Trinajstić information content (AvgIpc) is 2.30. The van der Waals surface area contributed by atoms with Gasteiger partial charge in [0.25, 0.3) is 0 Å². The molecule has 4 heteroatoms. The molecule has 4 bridgehead atoms. The van der Waals surface area contributed by atoms with Crippen molar-refractivity contribution in [3.05, 3.63) is 12.4 Å². The van der Waals surface area contributed by atoms with Crippen LogP contribution in [0.1, 0.15) is 38.5 Å². The van der Waals surface area contributed by atoms with Gasteiger partial charge >= 0.3 is 0 Å². The Morgan fingerprint density at radius 3 is 2.11 bits per heavy atom. The summed E-state index contributed by atoms with van der Waals surface area (Å²) in [6.45, 7) is 0. The third-order valence-corrected chi connectivity index (χ3v) is 5.15. The first-order chi connectivity index (χ1) is 8.72. The molecule has 18 heavy (non-hydrogen) atoms. The molecular formula is C14H20N4. The van der Waals surface area contributed by atoms with Crippen molar-refractivity contribution in [1.82, 2.24) is 9.97 Å². The second-order valence-corrected chi connectivity index (χ2v) is 6.61. The number of hydrogen-bond acceptors (Lipinski definition) is 4. The Labute approximate surface area is 107 Å². The minimum atomic E-state index is 0.263. The van der Waals surface area contributed by atoms with Crippen LogP contribution in [-0.4, -0.2) is 15.5 Å². The van der Waals surface area contributed by atoms with Crippen LogP contribution in [-0.2, 0) is 0 Å². The summed E-state index contributed by atoms with van der Waals surface area (Å²) >= 11 is 0. The Hall–Kier alpha value is -1.32. The van der Waals surface area contributed by atoms with Gasteiger partial charge < -0.3 is 11.1 Å². The van der Waals surface area contributed by atoms with E-state index in [1.807, 2.05) is 0 Å². The lowest BCUT2D eigenvalue weighted by atomic mass is 9.53. The molecule has 4 saturated carbocycles. The van der Waals surface area contributed by atoms with E-state index in [1.165, 1.54) is 38.5 Å². The van der Waals surface area contributed by atoms with Gasteiger partial charge in [-0.1, -0.05) is 0 Å². The number of nitrogens with zero attached hydrogens (tertiary/aromatic N) is 2. The molecule has 0 unspecified atom stereocenters. The van der Waals surface area contributed by atoms with E-state index in [2.05, 4.69) is 15.3 Å². The van der Waals surface area contributed by atoms with Crippen LogP contribution in [0.5, 0.6) is 0 Å². The fourth-order valence-electron chi connectivity index (χ4n) is 4.96. The van der Waals surface area contributed by atoms with Crippen LogP contribution in [0.3, 0.4) is 0 Å². The Morgan fingerprint density at radius 2 is 1.56 bits per heavy atom. The van der Waals surface area contributed by atoms with Crippen molar-refractivity contribution in [3.8, 4) is 0 Å². The Kier molecular flexibility index (Phi) is 2.11. The van der Waals surface area contributed by atoms with E-state index in [4.69, 9.17) is 5.73 Å². The first-order valence-electron chi connectivity index (χ1n) is 7.07. The van der Waals surface area contributed by atoms with E-state index in [0.717, 1.165) is 23.6 Å². The lowest BCUT2D eigenvalue weighted by molar-refractivity contribution is 0.0105. The number of nitrogen functional groups attached to an aromatic ring is 1.